The van der Waals surface area contributed by atoms with Crippen molar-refractivity contribution < 1.29 is 4.79 Å². The minimum Gasteiger partial charge on any atom is -0.331 e. The first-order valence-electron chi connectivity index (χ1n) is 9.50. The number of hydrogen-bond donors (Lipinski definition) is 1. The van der Waals surface area contributed by atoms with Crippen LogP contribution in [0.15, 0.2) is 12.4 Å². The number of nitrogens with one attached hydrogen (secondary N) is 1. The summed E-state index contributed by atoms with van der Waals surface area (Å²) in [6, 6.07) is -0.101. The van der Waals surface area contributed by atoms with Crippen molar-refractivity contribution in [3.8, 4) is 0 Å². The fourth-order valence-electron chi connectivity index (χ4n) is 3.40. The van der Waals surface area contributed by atoms with Crippen molar-refractivity contribution in [3.05, 3.63) is 40.7 Å². The van der Waals surface area contributed by atoms with Crippen LogP contribution in [0.25, 0.3) is 0 Å². The molecule has 26 heavy (non-hydrogen) atoms. The van der Waals surface area contributed by atoms with Crippen LogP contribution >= 0.6 is 0 Å². The molecule has 0 radical (unpaired) electrons. The predicted octanol–water partition coefficient (Wildman–Crippen LogP) is 2.61. The van der Waals surface area contributed by atoms with E-state index in [-0.39, 0.29) is 6.03 Å². The summed E-state index contributed by atoms with van der Waals surface area (Å²) in [5.41, 5.74) is 4.55. The second kappa shape index (κ2) is 8.29. The first-order chi connectivity index (χ1) is 12.6. The number of aromatic nitrogens is 4. The van der Waals surface area contributed by atoms with Gasteiger partial charge in [0.05, 0.1) is 19.3 Å². The molecule has 7 nitrogen and oxygen atoms in total. The molecule has 0 aromatic carbocycles. The lowest BCUT2D eigenvalue weighted by atomic mass is 9.95. The quantitative estimate of drug-likeness (QED) is 0.863. The molecular formula is C19H28N6O. The van der Waals surface area contributed by atoms with Gasteiger partial charge in [0.2, 0.25) is 0 Å². The number of fused-ring (bicyclic) bond motifs is 1. The number of amides is 2. The molecule has 2 aromatic rings. The van der Waals surface area contributed by atoms with Gasteiger partial charge in [0, 0.05) is 36.2 Å². The summed E-state index contributed by atoms with van der Waals surface area (Å²) < 4.78 is 1.87. The molecule has 0 fully saturated rings. The average Bonchev–Trinajstić information content (AvgIpc) is 3.12. The standard InChI is InChI=1S/C19H28N6O/c1-4-24(12-15-10-21-25(5-2)13-15)19(26)20-11-18-22-14(3)16-8-6-7-9-17(16)23-18/h10,13H,4-9,11-12H2,1-3H3,(H,20,26). The molecule has 0 spiro atoms. The first kappa shape index (κ1) is 18.4. The zero-order valence-electron chi connectivity index (χ0n) is 16.0. The molecule has 1 aliphatic rings. The Hall–Kier alpha value is -2.44. The summed E-state index contributed by atoms with van der Waals surface area (Å²) >= 11 is 0. The van der Waals surface area contributed by atoms with Gasteiger partial charge in [0.1, 0.15) is 5.82 Å². The molecule has 2 heterocycles. The number of carbonyl (C=O) groups is 1. The Morgan fingerprint density at radius 2 is 2.08 bits per heavy atom. The van der Waals surface area contributed by atoms with E-state index in [0.29, 0.717) is 25.5 Å². The maximum Gasteiger partial charge on any atom is 0.318 e. The van der Waals surface area contributed by atoms with Crippen molar-refractivity contribution in [3.63, 3.8) is 0 Å². The maximum atomic E-state index is 12.5. The summed E-state index contributed by atoms with van der Waals surface area (Å²) in [4.78, 5) is 23.6. The van der Waals surface area contributed by atoms with Crippen LogP contribution in [0.1, 0.15) is 55.0 Å². The van der Waals surface area contributed by atoms with Crippen LogP contribution in [0.2, 0.25) is 0 Å². The lowest BCUT2D eigenvalue weighted by molar-refractivity contribution is 0.197. The highest BCUT2D eigenvalue weighted by molar-refractivity contribution is 5.74. The Morgan fingerprint density at radius 3 is 2.81 bits per heavy atom. The van der Waals surface area contributed by atoms with Gasteiger partial charge in [-0.2, -0.15) is 5.10 Å². The monoisotopic (exact) mass is 356 g/mol. The largest absolute Gasteiger partial charge is 0.331 e. The van der Waals surface area contributed by atoms with Gasteiger partial charge in [0.25, 0.3) is 0 Å². The molecule has 1 N–H and O–H groups in total. The van der Waals surface area contributed by atoms with Crippen LogP contribution in [0.3, 0.4) is 0 Å². The molecule has 0 bridgehead atoms. The third-order valence-corrected chi connectivity index (χ3v) is 4.89. The highest BCUT2D eigenvalue weighted by atomic mass is 16.2. The number of hydrogen-bond acceptors (Lipinski definition) is 4. The molecule has 0 atom stereocenters. The van der Waals surface area contributed by atoms with Crippen LogP contribution < -0.4 is 5.32 Å². The lowest BCUT2D eigenvalue weighted by Gasteiger charge is -2.21. The first-order valence-corrected chi connectivity index (χ1v) is 9.50. The van der Waals surface area contributed by atoms with Gasteiger partial charge in [-0.15, -0.1) is 0 Å². The molecule has 2 amide bonds. The fourth-order valence-corrected chi connectivity index (χ4v) is 3.40. The second-order valence-electron chi connectivity index (χ2n) is 6.73. The molecule has 7 heteroatoms. The highest BCUT2D eigenvalue weighted by Gasteiger charge is 2.17. The number of nitrogens with zero attached hydrogens (tertiary/aromatic N) is 5. The van der Waals surface area contributed by atoms with E-state index in [1.807, 2.05) is 37.8 Å². The van der Waals surface area contributed by atoms with Crippen molar-refractivity contribution in [1.82, 2.24) is 30.0 Å². The summed E-state index contributed by atoms with van der Waals surface area (Å²) in [6.07, 6.45) is 8.28. The van der Waals surface area contributed by atoms with Crippen LogP contribution in [0.4, 0.5) is 4.79 Å². The summed E-state index contributed by atoms with van der Waals surface area (Å²) in [7, 11) is 0. The fraction of sp³-hybridized carbons (Fsp3) is 0.579. The number of urea groups is 1. The Kier molecular flexibility index (Phi) is 5.85. The van der Waals surface area contributed by atoms with Gasteiger partial charge in [-0.25, -0.2) is 14.8 Å². The SMILES string of the molecule is CCN(Cc1cnn(CC)c1)C(=O)NCc1nc(C)c2c(n1)CCCC2. The number of carbonyl (C=O) groups excluding carboxylic acids is 1. The van der Waals surface area contributed by atoms with E-state index in [1.54, 1.807) is 4.90 Å². The van der Waals surface area contributed by atoms with Gasteiger partial charge >= 0.3 is 6.03 Å². The van der Waals surface area contributed by atoms with Gasteiger partial charge in [-0.3, -0.25) is 4.68 Å². The smallest absolute Gasteiger partial charge is 0.318 e. The lowest BCUT2D eigenvalue weighted by Crippen LogP contribution is -2.39. The van der Waals surface area contributed by atoms with Gasteiger partial charge < -0.3 is 10.2 Å². The van der Waals surface area contributed by atoms with Crippen molar-refractivity contribution in [2.75, 3.05) is 6.54 Å². The minimum absolute atomic E-state index is 0.101. The Morgan fingerprint density at radius 1 is 1.27 bits per heavy atom. The van der Waals surface area contributed by atoms with Crippen molar-refractivity contribution in [2.45, 2.75) is 66.1 Å². The third kappa shape index (κ3) is 4.20. The molecule has 1 aliphatic carbocycles. The Bertz CT molecular complexity index is 769. The highest BCUT2D eigenvalue weighted by Crippen LogP contribution is 2.21. The van der Waals surface area contributed by atoms with Crippen LogP contribution in [-0.2, 0) is 32.5 Å². The number of rotatable bonds is 6. The Balaban J connectivity index is 1.60. The normalized spacial score (nSPS) is 13.3. The molecular weight excluding hydrogens is 328 g/mol. The molecule has 2 aromatic heterocycles. The van der Waals surface area contributed by atoms with E-state index >= 15 is 0 Å². The Labute approximate surface area is 154 Å². The van der Waals surface area contributed by atoms with Crippen molar-refractivity contribution >= 4 is 6.03 Å². The van der Waals surface area contributed by atoms with E-state index < -0.39 is 0 Å². The predicted molar refractivity (Wildman–Crippen MR) is 99.6 cm³/mol. The van der Waals surface area contributed by atoms with E-state index in [2.05, 4.69) is 20.4 Å². The molecule has 0 saturated heterocycles. The average molecular weight is 356 g/mol. The number of aryl methyl sites for hydroxylation is 3. The molecule has 3 rings (SSSR count). The second-order valence-corrected chi connectivity index (χ2v) is 6.73. The molecule has 140 valence electrons. The minimum atomic E-state index is -0.101. The van der Waals surface area contributed by atoms with Gasteiger partial charge in [0.15, 0.2) is 0 Å². The zero-order valence-corrected chi connectivity index (χ0v) is 16.0. The summed E-state index contributed by atoms with van der Waals surface area (Å²) in [5, 5.41) is 7.22. The third-order valence-electron chi connectivity index (χ3n) is 4.89. The van der Waals surface area contributed by atoms with E-state index in [4.69, 9.17) is 0 Å². The van der Waals surface area contributed by atoms with Gasteiger partial charge in [-0.05, 0) is 52.0 Å². The topological polar surface area (TPSA) is 75.9 Å². The van der Waals surface area contributed by atoms with Crippen molar-refractivity contribution in [2.24, 2.45) is 0 Å². The van der Waals surface area contributed by atoms with Crippen LogP contribution in [0.5, 0.6) is 0 Å². The van der Waals surface area contributed by atoms with Crippen molar-refractivity contribution in [1.29, 1.82) is 0 Å². The zero-order chi connectivity index (χ0) is 18.5. The summed E-state index contributed by atoms with van der Waals surface area (Å²) in [6.45, 7) is 8.43. The van der Waals surface area contributed by atoms with E-state index in [0.717, 1.165) is 36.3 Å². The molecule has 0 saturated carbocycles. The van der Waals surface area contributed by atoms with E-state index in [9.17, 15) is 4.79 Å². The van der Waals surface area contributed by atoms with Crippen LogP contribution in [0, 0.1) is 6.92 Å². The van der Waals surface area contributed by atoms with E-state index in [1.165, 1.54) is 18.4 Å². The molecule has 0 unspecified atom stereocenters. The van der Waals surface area contributed by atoms with Crippen LogP contribution in [-0.4, -0.2) is 37.2 Å². The molecule has 0 aliphatic heterocycles. The van der Waals surface area contributed by atoms with Gasteiger partial charge in [-0.1, -0.05) is 0 Å². The summed E-state index contributed by atoms with van der Waals surface area (Å²) in [5.74, 6) is 0.700. The maximum absolute atomic E-state index is 12.5.